The largest absolute Gasteiger partial charge is 0.380 e. The Morgan fingerprint density at radius 2 is 1.65 bits per heavy atom. The second kappa shape index (κ2) is 4.81. The number of nitrogens with zero attached hydrogens (tertiary/aromatic N) is 1. The number of rotatable bonds is 2. The van der Waals surface area contributed by atoms with Crippen LogP contribution in [0.1, 0.15) is 5.56 Å². The van der Waals surface area contributed by atoms with Crippen molar-refractivity contribution in [1.29, 1.82) is 0 Å². The summed E-state index contributed by atoms with van der Waals surface area (Å²) in [6.07, 6.45) is 0. The van der Waals surface area contributed by atoms with E-state index in [4.69, 9.17) is 10.3 Å². The van der Waals surface area contributed by atoms with Gasteiger partial charge < -0.3 is 10.3 Å². The lowest BCUT2D eigenvalue weighted by molar-refractivity contribution is 0.436. The molecule has 0 spiro atoms. The number of hydrogen-bond acceptors (Lipinski definition) is 3. The predicted octanol–water partition coefficient (Wildman–Crippen LogP) is 4.04. The Kier molecular flexibility index (Phi) is 2.99. The molecular weight excluding hydrogens is 255 g/mol. The molecule has 0 radical (unpaired) electrons. The third-order valence-electron chi connectivity index (χ3n) is 3.25. The van der Waals surface area contributed by atoms with Gasteiger partial charge in [0.05, 0.1) is 5.56 Å². The van der Waals surface area contributed by atoms with Gasteiger partial charge in [-0.3, -0.25) is 0 Å². The molecule has 1 aromatic heterocycles. The van der Waals surface area contributed by atoms with Gasteiger partial charge in [-0.1, -0.05) is 47.6 Å². The van der Waals surface area contributed by atoms with E-state index in [0.29, 0.717) is 16.9 Å². The summed E-state index contributed by atoms with van der Waals surface area (Å²) in [5.74, 6) is 0.330. The summed E-state index contributed by atoms with van der Waals surface area (Å²) in [5.41, 5.74) is 8.62. The minimum atomic E-state index is -0.350. The van der Waals surface area contributed by atoms with Gasteiger partial charge in [-0.05, 0) is 18.6 Å². The molecule has 0 unspecified atom stereocenters. The van der Waals surface area contributed by atoms with E-state index in [9.17, 15) is 4.39 Å². The fourth-order valence-electron chi connectivity index (χ4n) is 2.24. The van der Waals surface area contributed by atoms with Crippen molar-refractivity contribution in [1.82, 2.24) is 5.16 Å². The van der Waals surface area contributed by atoms with Gasteiger partial charge in [-0.25, -0.2) is 4.39 Å². The Morgan fingerprint density at radius 3 is 2.35 bits per heavy atom. The molecular formula is C16H13FN2O. The van der Waals surface area contributed by atoms with Gasteiger partial charge in [0.15, 0.2) is 11.6 Å². The number of nitrogens with two attached hydrogens (primary N) is 1. The van der Waals surface area contributed by atoms with Crippen LogP contribution in [0.3, 0.4) is 0 Å². The zero-order valence-corrected chi connectivity index (χ0v) is 10.9. The van der Waals surface area contributed by atoms with Gasteiger partial charge in [0, 0.05) is 11.1 Å². The number of halogens is 1. The van der Waals surface area contributed by atoms with Gasteiger partial charge in [-0.15, -0.1) is 0 Å². The number of aromatic nitrogens is 1. The maximum Gasteiger partial charge on any atom is 0.177 e. The minimum Gasteiger partial charge on any atom is -0.380 e. The molecule has 0 aliphatic heterocycles. The van der Waals surface area contributed by atoms with Crippen LogP contribution in [0, 0.1) is 12.7 Å². The SMILES string of the molecule is Cc1ccccc1-c1onc(N)c1-c1ccccc1F. The summed E-state index contributed by atoms with van der Waals surface area (Å²) in [4.78, 5) is 0. The molecule has 100 valence electrons. The molecule has 0 atom stereocenters. The normalized spacial score (nSPS) is 10.7. The summed E-state index contributed by atoms with van der Waals surface area (Å²) in [6, 6.07) is 14.1. The highest BCUT2D eigenvalue weighted by Crippen LogP contribution is 2.38. The van der Waals surface area contributed by atoms with Gasteiger partial charge in [0.1, 0.15) is 5.82 Å². The number of aryl methyl sites for hydroxylation is 1. The van der Waals surface area contributed by atoms with E-state index in [1.807, 2.05) is 31.2 Å². The number of benzene rings is 2. The fraction of sp³-hybridized carbons (Fsp3) is 0.0625. The summed E-state index contributed by atoms with van der Waals surface area (Å²) < 4.78 is 19.3. The van der Waals surface area contributed by atoms with Crippen LogP contribution in [0.5, 0.6) is 0 Å². The van der Waals surface area contributed by atoms with Gasteiger partial charge in [0.25, 0.3) is 0 Å². The van der Waals surface area contributed by atoms with Gasteiger partial charge in [0.2, 0.25) is 0 Å². The van der Waals surface area contributed by atoms with E-state index < -0.39 is 0 Å². The highest BCUT2D eigenvalue weighted by molar-refractivity contribution is 5.87. The summed E-state index contributed by atoms with van der Waals surface area (Å²) in [5, 5.41) is 3.79. The van der Waals surface area contributed by atoms with Crippen molar-refractivity contribution in [2.45, 2.75) is 6.92 Å². The summed E-state index contributed by atoms with van der Waals surface area (Å²) >= 11 is 0. The molecule has 0 fully saturated rings. The quantitative estimate of drug-likeness (QED) is 0.763. The van der Waals surface area contributed by atoms with E-state index in [2.05, 4.69) is 5.16 Å². The van der Waals surface area contributed by atoms with Crippen molar-refractivity contribution in [3.05, 3.63) is 59.9 Å². The molecule has 0 saturated heterocycles. The van der Waals surface area contributed by atoms with E-state index in [-0.39, 0.29) is 11.6 Å². The van der Waals surface area contributed by atoms with Crippen LogP contribution in [-0.4, -0.2) is 5.16 Å². The highest BCUT2D eigenvalue weighted by atomic mass is 19.1. The smallest absolute Gasteiger partial charge is 0.177 e. The Bertz CT molecular complexity index is 765. The number of anilines is 1. The molecule has 0 aliphatic rings. The molecule has 0 saturated carbocycles. The average molecular weight is 268 g/mol. The van der Waals surface area contributed by atoms with Crippen LogP contribution in [0.4, 0.5) is 10.2 Å². The third-order valence-corrected chi connectivity index (χ3v) is 3.25. The van der Waals surface area contributed by atoms with Crippen LogP contribution in [-0.2, 0) is 0 Å². The highest BCUT2D eigenvalue weighted by Gasteiger charge is 2.20. The third kappa shape index (κ3) is 1.95. The molecule has 0 amide bonds. The predicted molar refractivity (Wildman–Crippen MR) is 76.5 cm³/mol. The zero-order chi connectivity index (χ0) is 14.1. The monoisotopic (exact) mass is 268 g/mol. The Balaban J connectivity index is 2.26. The summed E-state index contributed by atoms with van der Waals surface area (Å²) in [6.45, 7) is 1.96. The first-order valence-electron chi connectivity index (χ1n) is 6.24. The van der Waals surface area contributed by atoms with Crippen molar-refractivity contribution < 1.29 is 8.91 Å². The lowest BCUT2D eigenvalue weighted by Crippen LogP contribution is -1.92. The molecule has 2 N–H and O–H groups in total. The van der Waals surface area contributed by atoms with Crippen LogP contribution in [0.15, 0.2) is 53.1 Å². The first-order chi connectivity index (χ1) is 9.68. The lowest BCUT2D eigenvalue weighted by Gasteiger charge is -2.06. The maximum absolute atomic E-state index is 14.0. The maximum atomic E-state index is 14.0. The zero-order valence-electron chi connectivity index (χ0n) is 10.9. The van der Waals surface area contributed by atoms with Crippen molar-refractivity contribution in [2.75, 3.05) is 5.73 Å². The van der Waals surface area contributed by atoms with Crippen molar-refractivity contribution in [3.8, 4) is 22.5 Å². The average Bonchev–Trinajstić information content (AvgIpc) is 2.82. The van der Waals surface area contributed by atoms with E-state index in [1.165, 1.54) is 6.07 Å². The molecule has 0 aliphatic carbocycles. The Hall–Kier alpha value is -2.62. The Labute approximate surface area is 115 Å². The van der Waals surface area contributed by atoms with Crippen LogP contribution >= 0.6 is 0 Å². The number of hydrogen-bond donors (Lipinski definition) is 1. The van der Waals surface area contributed by atoms with Crippen LogP contribution in [0.25, 0.3) is 22.5 Å². The van der Waals surface area contributed by atoms with Crippen LogP contribution < -0.4 is 5.73 Å². The number of nitrogen functional groups attached to an aromatic ring is 1. The van der Waals surface area contributed by atoms with E-state index in [1.54, 1.807) is 18.2 Å². The first kappa shape index (κ1) is 12.4. The summed E-state index contributed by atoms with van der Waals surface area (Å²) in [7, 11) is 0. The van der Waals surface area contributed by atoms with Crippen molar-refractivity contribution in [3.63, 3.8) is 0 Å². The van der Waals surface area contributed by atoms with Crippen molar-refractivity contribution in [2.24, 2.45) is 0 Å². The Morgan fingerprint density at radius 1 is 1.00 bits per heavy atom. The molecule has 4 heteroatoms. The van der Waals surface area contributed by atoms with Crippen molar-refractivity contribution >= 4 is 5.82 Å². The van der Waals surface area contributed by atoms with Crippen LogP contribution in [0.2, 0.25) is 0 Å². The fourth-order valence-corrected chi connectivity index (χ4v) is 2.24. The molecule has 20 heavy (non-hydrogen) atoms. The van der Waals surface area contributed by atoms with E-state index in [0.717, 1.165) is 11.1 Å². The van der Waals surface area contributed by atoms with Gasteiger partial charge >= 0.3 is 0 Å². The van der Waals surface area contributed by atoms with E-state index >= 15 is 0 Å². The molecule has 0 bridgehead atoms. The molecule has 2 aromatic carbocycles. The lowest BCUT2D eigenvalue weighted by atomic mass is 9.98. The standard InChI is InChI=1S/C16H13FN2O/c1-10-6-2-3-7-11(10)15-14(16(18)19-20-15)12-8-4-5-9-13(12)17/h2-9H,1H3,(H2,18,19). The van der Waals surface area contributed by atoms with Gasteiger partial charge in [-0.2, -0.15) is 0 Å². The topological polar surface area (TPSA) is 52.0 Å². The minimum absolute atomic E-state index is 0.188. The second-order valence-corrected chi connectivity index (χ2v) is 4.57. The molecule has 3 rings (SSSR count). The molecule has 3 nitrogen and oxygen atoms in total. The second-order valence-electron chi connectivity index (χ2n) is 4.57. The molecule has 1 heterocycles. The first-order valence-corrected chi connectivity index (χ1v) is 6.24. The molecule has 3 aromatic rings.